The largest absolute Gasteiger partial charge is 0.480 e. The van der Waals surface area contributed by atoms with Crippen LogP contribution in [0.1, 0.15) is 13.8 Å². The number of carbonyl (C=O) groups excluding carboxylic acids is 2. The zero-order valence-corrected chi connectivity index (χ0v) is 8.27. The fourth-order valence-electron chi connectivity index (χ4n) is 1.26. The van der Waals surface area contributed by atoms with E-state index in [-0.39, 0.29) is 0 Å². The summed E-state index contributed by atoms with van der Waals surface area (Å²) in [5.41, 5.74) is -0.952. The maximum atomic E-state index is 11.6. The Bertz CT molecular complexity index is 310. The van der Waals surface area contributed by atoms with Crippen molar-refractivity contribution in [2.75, 3.05) is 13.6 Å². The molecule has 0 aromatic heterocycles. The molecule has 1 rings (SSSR count). The van der Waals surface area contributed by atoms with Crippen LogP contribution in [0.25, 0.3) is 0 Å². The normalized spacial score (nSPS) is 20.5. The number of rotatable bonds is 2. The van der Waals surface area contributed by atoms with Crippen molar-refractivity contribution in [3.05, 3.63) is 0 Å². The van der Waals surface area contributed by atoms with Gasteiger partial charge in [0.2, 0.25) is 0 Å². The minimum absolute atomic E-state index is 0.479. The van der Waals surface area contributed by atoms with Gasteiger partial charge < -0.3 is 10.0 Å². The number of urea groups is 1. The summed E-state index contributed by atoms with van der Waals surface area (Å²) in [6, 6.07) is -0.567. The van der Waals surface area contributed by atoms with Gasteiger partial charge in [-0.1, -0.05) is 0 Å². The summed E-state index contributed by atoms with van der Waals surface area (Å²) in [4.78, 5) is 35.4. The second-order valence-corrected chi connectivity index (χ2v) is 3.69. The van der Waals surface area contributed by atoms with E-state index in [2.05, 4.69) is 0 Å². The van der Waals surface area contributed by atoms with Crippen LogP contribution >= 0.6 is 0 Å². The average Bonchev–Trinajstić information content (AvgIpc) is 2.20. The number of likely N-dealkylation sites (N-methyl/N-ethyl adjacent to an activating group) is 1. The molecule has 0 atom stereocenters. The summed E-state index contributed by atoms with van der Waals surface area (Å²) in [6.07, 6.45) is 0. The van der Waals surface area contributed by atoms with Gasteiger partial charge in [-0.25, -0.2) is 4.79 Å². The first-order valence-corrected chi connectivity index (χ1v) is 4.10. The fraction of sp³-hybridized carbons (Fsp3) is 0.625. The predicted molar refractivity (Wildman–Crippen MR) is 46.6 cm³/mol. The molecule has 1 aliphatic heterocycles. The Labute approximate surface area is 81.1 Å². The number of hydrogen-bond donors (Lipinski definition) is 1. The first-order valence-electron chi connectivity index (χ1n) is 4.10. The molecule has 1 N–H and O–H groups in total. The molecule has 1 fully saturated rings. The molecule has 1 heterocycles. The summed E-state index contributed by atoms with van der Waals surface area (Å²) in [6.45, 7) is 2.58. The lowest BCUT2D eigenvalue weighted by Gasteiger charge is -2.22. The highest BCUT2D eigenvalue weighted by molar-refractivity contribution is 6.07. The van der Waals surface area contributed by atoms with Crippen molar-refractivity contribution in [3.8, 4) is 0 Å². The van der Waals surface area contributed by atoms with Crippen molar-refractivity contribution in [2.45, 2.75) is 19.4 Å². The molecule has 0 radical (unpaired) electrons. The number of aliphatic carboxylic acids is 1. The number of carboxylic acids is 1. The SMILES string of the molecule is CN1C(=O)N(CC(=O)O)C(=O)C1(C)C. The van der Waals surface area contributed by atoms with Crippen LogP contribution in [0.15, 0.2) is 0 Å². The molecule has 0 spiro atoms. The number of amides is 3. The second-order valence-electron chi connectivity index (χ2n) is 3.69. The smallest absolute Gasteiger partial charge is 0.327 e. The van der Waals surface area contributed by atoms with Gasteiger partial charge in [0.15, 0.2) is 0 Å². The zero-order valence-electron chi connectivity index (χ0n) is 8.27. The van der Waals surface area contributed by atoms with Crippen molar-refractivity contribution < 1.29 is 19.5 Å². The van der Waals surface area contributed by atoms with E-state index in [0.29, 0.717) is 0 Å². The van der Waals surface area contributed by atoms with Gasteiger partial charge in [0.25, 0.3) is 5.91 Å². The quantitative estimate of drug-likeness (QED) is 0.623. The molecule has 3 amide bonds. The third kappa shape index (κ3) is 1.32. The van der Waals surface area contributed by atoms with E-state index in [9.17, 15) is 14.4 Å². The van der Waals surface area contributed by atoms with E-state index in [0.717, 1.165) is 4.90 Å². The van der Waals surface area contributed by atoms with Gasteiger partial charge in [-0.15, -0.1) is 0 Å². The Morgan fingerprint density at radius 1 is 1.43 bits per heavy atom. The van der Waals surface area contributed by atoms with Crippen molar-refractivity contribution in [1.29, 1.82) is 0 Å². The molecule has 0 bridgehead atoms. The standard InChI is InChI=1S/C8H12N2O4/c1-8(2)6(13)10(4-5(11)12)7(14)9(8)3/h4H2,1-3H3,(H,11,12). The van der Waals surface area contributed by atoms with E-state index in [4.69, 9.17) is 5.11 Å². The monoisotopic (exact) mass is 200 g/mol. The number of hydrogen-bond acceptors (Lipinski definition) is 3. The first-order chi connectivity index (χ1) is 6.28. The molecule has 6 heteroatoms. The highest BCUT2D eigenvalue weighted by Gasteiger charge is 2.49. The van der Waals surface area contributed by atoms with Gasteiger partial charge in [0, 0.05) is 7.05 Å². The highest BCUT2D eigenvalue weighted by atomic mass is 16.4. The summed E-state index contributed by atoms with van der Waals surface area (Å²) >= 11 is 0. The Morgan fingerprint density at radius 3 is 2.21 bits per heavy atom. The van der Waals surface area contributed by atoms with Crippen LogP contribution in [0.5, 0.6) is 0 Å². The van der Waals surface area contributed by atoms with Crippen molar-refractivity contribution in [2.24, 2.45) is 0 Å². The lowest BCUT2D eigenvalue weighted by Crippen LogP contribution is -2.42. The number of nitrogens with zero attached hydrogens (tertiary/aromatic N) is 2. The molecule has 1 aliphatic rings. The van der Waals surface area contributed by atoms with Crippen LogP contribution in [0.4, 0.5) is 4.79 Å². The molecule has 0 aliphatic carbocycles. The molecule has 0 unspecified atom stereocenters. The maximum absolute atomic E-state index is 11.6. The summed E-state index contributed by atoms with van der Waals surface area (Å²) in [5.74, 6) is -1.68. The van der Waals surface area contributed by atoms with Gasteiger partial charge in [-0.05, 0) is 13.8 Å². The first kappa shape index (κ1) is 10.5. The van der Waals surface area contributed by atoms with Gasteiger partial charge in [-0.3, -0.25) is 14.5 Å². The Morgan fingerprint density at radius 2 is 1.93 bits per heavy atom. The van der Waals surface area contributed by atoms with E-state index >= 15 is 0 Å². The second kappa shape index (κ2) is 2.97. The Hall–Kier alpha value is -1.59. The van der Waals surface area contributed by atoms with E-state index in [1.54, 1.807) is 13.8 Å². The molecule has 0 aromatic rings. The van der Waals surface area contributed by atoms with Crippen LogP contribution in [-0.2, 0) is 9.59 Å². The maximum Gasteiger partial charge on any atom is 0.327 e. The molecule has 14 heavy (non-hydrogen) atoms. The molecular formula is C8H12N2O4. The summed E-state index contributed by atoms with van der Waals surface area (Å²) in [5, 5.41) is 8.50. The van der Waals surface area contributed by atoms with Gasteiger partial charge in [-0.2, -0.15) is 0 Å². The van der Waals surface area contributed by atoms with Crippen LogP contribution in [0.3, 0.4) is 0 Å². The van der Waals surface area contributed by atoms with E-state index in [1.807, 2.05) is 0 Å². The topological polar surface area (TPSA) is 77.9 Å². The van der Waals surface area contributed by atoms with Gasteiger partial charge in [0.1, 0.15) is 12.1 Å². The number of carboxylic acid groups (broad SMARTS) is 1. The minimum atomic E-state index is -1.20. The molecule has 0 saturated carbocycles. The lowest BCUT2D eigenvalue weighted by atomic mass is 10.1. The Balaban J connectivity index is 2.96. The van der Waals surface area contributed by atoms with Crippen LogP contribution < -0.4 is 0 Å². The number of imide groups is 1. The zero-order chi connectivity index (χ0) is 11.1. The molecule has 0 aromatic carbocycles. The third-order valence-electron chi connectivity index (χ3n) is 2.42. The van der Waals surface area contributed by atoms with Gasteiger partial charge >= 0.3 is 12.0 Å². The van der Waals surface area contributed by atoms with Crippen LogP contribution in [0, 0.1) is 0 Å². The van der Waals surface area contributed by atoms with Crippen molar-refractivity contribution in [3.63, 3.8) is 0 Å². The molecule has 6 nitrogen and oxygen atoms in total. The molecular weight excluding hydrogens is 188 g/mol. The molecule has 1 saturated heterocycles. The lowest BCUT2D eigenvalue weighted by molar-refractivity contribution is -0.142. The average molecular weight is 200 g/mol. The third-order valence-corrected chi connectivity index (χ3v) is 2.42. The van der Waals surface area contributed by atoms with Crippen molar-refractivity contribution in [1.82, 2.24) is 9.80 Å². The van der Waals surface area contributed by atoms with Crippen LogP contribution in [-0.4, -0.2) is 51.9 Å². The highest BCUT2D eigenvalue weighted by Crippen LogP contribution is 2.25. The fourth-order valence-corrected chi connectivity index (χ4v) is 1.26. The van der Waals surface area contributed by atoms with Crippen LogP contribution in [0.2, 0.25) is 0 Å². The summed E-state index contributed by atoms with van der Waals surface area (Å²) in [7, 11) is 1.47. The van der Waals surface area contributed by atoms with E-state index in [1.165, 1.54) is 11.9 Å². The summed E-state index contributed by atoms with van der Waals surface area (Å²) < 4.78 is 0. The predicted octanol–water partition coefficient (Wildman–Crippen LogP) is -0.256. The van der Waals surface area contributed by atoms with E-state index < -0.39 is 30.0 Å². The Kier molecular flexibility index (Phi) is 2.22. The minimum Gasteiger partial charge on any atom is -0.480 e. The number of carbonyl (C=O) groups is 3. The van der Waals surface area contributed by atoms with Crippen molar-refractivity contribution >= 4 is 17.9 Å². The van der Waals surface area contributed by atoms with Gasteiger partial charge in [0.05, 0.1) is 0 Å². The molecule has 78 valence electrons.